The van der Waals surface area contributed by atoms with E-state index in [1.54, 1.807) is 25.4 Å². The summed E-state index contributed by atoms with van der Waals surface area (Å²) in [6.45, 7) is 1.94. The van der Waals surface area contributed by atoms with E-state index < -0.39 is 5.91 Å². The Kier molecular flexibility index (Phi) is 3.25. The number of nitrogens with zero attached hydrogens (tertiary/aromatic N) is 2. The molecule has 2 N–H and O–H groups in total. The summed E-state index contributed by atoms with van der Waals surface area (Å²) >= 11 is 0. The summed E-state index contributed by atoms with van der Waals surface area (Å²) in [7, 11) is 1.55. The van der Waals surface area contributed by atoms with Crippen LogP contribution < -0.4 is 11.3 Å². The normalized spacial score (nSPS) is 10.8. The van der Waals surface area contributed by atoms with Crippen LogP contribution in [0.3, 0.4) is 0 Å². The fraction of sp³-hybridized carbons (Fsp3) is 0.118. The van der Waals surface area contributed by atoms with E-state index in [1.807, 2.05) is 31.2 Å². The number of rotatable bonds is 2. The number of benzene rings is 1. The molecule has 110 valence electrons. The Bertz CT molecular complexity index is 958. The smallest absolute Gasteiger partial charge is 0.266 e. The molecule has 0 bridgehead atoms. The van der Waals surface area contributed by atoms with Gasteiger partial charge in [-0.25, -0.2) is 0 Å². The largest absolute Gasteiger partial charge is 0.364 e. The molecule has 5 nitrogen and oxygen atoms in total. The van der Waals surface area contributed by atoms with Gasteiger partial charge >= 0.3 is 0 Å². The van der Waals surface area contributed by atoms with Crippen molar-refractivity contribution in [3.63, 3.8) is 0 Å². The van der Waals surface area contributed by atoms with E-state index in [-0.39, 0.29) is 11.3 Å². The number of pyridine rings is 2. The minimum absolute atomic E-state index is 0.172. The first-order valence-corrected chi connectivity index (χ1v) is 6.86. The third kappa shape index (κ3) is 1.98. The first kappa shape index (κ1) is 14.0. The van der Waals surface area contributed by atoms with Gasteiger partial charge in [0.1, 0.15) is 5.69 Å². The molecule has 22 heavy (non-hydrogen) atoms. The van der Waals surface area contributed by atoms with Crippen molar-refractivity contribution in [3.8, 4) is 11.1 Å². The fourth-order valence-electron chi connectivity index (χ4n) is 2.74. The predicted octanol–water partition coefficient (Wildman–Crippen LogP) is 2.01. The van der Waals surface area contributed by atoms with Gasteiger partial charge in [-0.15, -0.1) is 0 Å². The van der Waals surface area contributed by atoms with Crippen LogP contribution in [0, 0.1) is 6.92 Å². The van der Waals surface area contributed by atoms with Crippen LogP contribution in [0.1, 0.15) is 16.1 Å². The van der Waals surface area contributed by atoms with E-state index in [1.165, 1.54) is 4.57 Å². The van der Waals surface area contributed by atoms with Gasteiger partial charge in [-0.3, -0.25) is 14.6 Å². The van der Waals surface area contributed by atoms with Crippen molar-refractivity contribution >= 4 is 16.8 Å². The van der Waals surface area contributed by atoms with Crippen LogP contribution in [0.15, 0.2) is 47.4 Å². The maximum Gasteiger partial charge on any atom is 0.266 e. The van der Waals surface area contributed by atoms with E-state index in [2.05, 4.69) is 4.98 Å². The highest BCUT2D eigenvalue weighted by Gasteiger charge is 2.21. The summed E-state index contributed by atoms with van der Waals surface area (Å²) in [5.41, 5.74) is 8.34. The van der Waals surface area contributed by atoms with Gasteiger partial charge in [0.15, 0.2) is 0 Å². The Balaban J connectivity index is 2.60. The second-order valence-electron chi connectivity index (χ2n) is 5.17. The zero-order valence-electron chi connectivity index (χ0n) is 12.3. The molecule has 0 unspecified atom stereocenters. The fourth-order valence-corrected chi connectivity index (χ4v) is 2.74. The molecule has 1 amide bonds. The summed E-state index contributed by atoms with van der Waals surface area (Å²) in [6, 6.07) is 11.1. The van der Waals surface area contributed by atoms with E-state index in [9.17, 15) is 9.59 Å². The number of fused-ring (bicyclic) bond motifs is 1. The van der Waals surface area contributed by atoms with Crippen LogP contribution in [-0.2, 0) is 7.05 Å². The third-order valence-corrected chi connectivity index (χ3v) is 3.80. The monoisotopic (exact) mass is 293 g/mol. The molecule has 2 heterocycles. The molecule has 0 radical (unpaired) electrons. The van der Waals surface area contributed by atoms with Crippen LogP contribution in [0.4, 0.5) is 0 Å². The molecule has 0 atom stereocenters. The average molecular weight is 293 g/mol. The summed E-state index contributed by atoms with van der Waals surface area (Å²) in [4.78, 5) is 28.7. The van der Waals surface area contributed by atoms with Gasteiger partial charge in [0.05, 0.1) is 10.9 Å². The van der Waals surface area contributed by atoms with Crippen molar-refractivity contribution in [2.45, 2.75) is 6.92 Å². The number of carbonyl (C=O) groups excluding carboxylic acids is 1. The Morgan fingerprint density at radius 3 is 2.59 bits per heavy atom. The highest BCUT2D eigenvalue weighted by molar-refractivity contribution is 6.06. The molecule has 0 aliphatic rings. The molecule has 0 spiro atoms. The highest BCUT2D eigenvalue weighted by Crippen LogP contribution is 2.31. The molecule has 0 fully saturated rings. The molecule has 0 aliphatic carbocycles. The third-order valence-electron chi connectivity index (χ3n) is 3.80. The number of hydrogen-bond donors (Lipinski definition) is 1. The molecule has 2 aromatic heterocycles. The summed E-state index contributed by atoms with van der Waals surface area (Å²) in [5.74, 6) is -0.648. The van der Waals surface area contributed by atoms with Gasteiger partial charge < -0.3 is 10.3 Å². The van der Waals surface area contributed by atoms with Gasteiger partial charge in [-0.1, -0.05) is 24.3 Å². The van der Waals surface area contributed by atoms with Crippen LogP contribution in [0.25, 0.3) is 22.0 Å². The molecule has 1 aromatic carbocycles. The molecule has 0 saturated carbocycles. The van der Waals surface area contributed by atoms with E-state index >= 15 is 0 Å². The maximum atomic E-state index is 12.4. The second kappa shape index (κ2) is 5.11. The predicted molar refractivity (Wildman–Crippen MR) is 85.7 cm³/mol. The van der Waals surface area contributed by atoms with E-state index in [4.69, 9.17) is 5.73 Å². The van der Waals surface area contributed by atoms with Crippen molar-refractivity contribution in [2.24, 2.45) is 12.8 Å². The number of nitrogens with two attached hydrogens (primary N) is 1. The van der Waals surface area contributed by atoms with Gasteiger partial charge in [-0.2, -0.15) is 0 Å². The molecular formula is C17H15N3O2. The summed E-state index contributed by atoms with van der Waals surface area (Å²) in [5, 5.41) is 0.466. The number of hydrogen-bond acceptors (Lipinski definition) is 3. The quantitative estimate of drug-likeness (QED) is 0.785. The van der Waals surface area contributed by atoms with Crippen molar-refractivity contribution in [1.29, 1.82) is 0 Å². The summed E-state index contributed by atoms with van der Waals surface area (Å²) < 4.78 is 1.30. The Morgan fingerprint density at radius 1 is 1.18 bits per heavy atom. The van der Waals surface area contributed by atoms with Crippen LogP contribution >= 0.6 is 0 Å². The van der Waals surface area contributed by atoms with Crippen LogP contribution in [0.2, 0.25) is 0 Å². The zero-order valence-corrected chi connectivity index (χ0v) is 12.3. The van der Waals surface area contributed by atoms with Gasteiger partial charge in [0, 0.05) is 18.8 Å². The Morgan fingerprint density at radius 2 is 1.91 bits per heavy atom. The molecule has 3 aromatic rings. The van der Waals surface area contributed by atoms with Crippen LogP contribution in [-0.4, -0.2) is 15.5 Å². The minimum atomic E-state index is -0.648. The van der Waals surface area contributed by atoms with Crippen molar-refractivity contribution < 1.29 is 4.79 Å². The number of primary amides is 1. The first-order valence-electron chi connectivity index (χ1n) is 6.86. The van der Waals surface area contributed by atoms with Gasteiger partial charge in [-0.05, 0) is 30.2 Å². The lowest BCUT2D eigenvalue weighted by atomic mass is 9.96. The second-order valence-corrected chi connectivity index (χ2v) is 5.17. The number of amides is 1. The SMILES string of the molecule is Cc1ccccc1-c1c(C(N)=O)n(C)c(=O)c2cccnc12. The van der Waals surface area contributed by atoms with Crippen molar-refractivity contribution in [2.75, 3.05) is 0 Å². The number of aromatic nitrogens is 2. The molecule has 3 rings (SSSR count). The minimum Gasteiger partial charge on any atom is -0.364 e. The molecule has 0 aliphatic heterocycles. The standard InChI is InChI=1S/C17H15N3O2/c1-10-6-3-4-7-11(10)13-14-12(8-5-9-19-14)17(22)20(2)15(13)16(18)21/h3-9H,1-2H3,(H2,18,21). The van der Waals surface area contributed by atoms with Crippen LogP contribution in [0.5, 0.6) is 0 Å². The zero-order chi connectivity index (χ0) is 15.9. The van der Waals surface area contributed by atoms with Gasteiger partial charge in [0.2, 0.25) is 0 Å². The van der Waals surface area contributed by atoms with E-state index in [0.29, 0.717) is 16.5 Å². The average Bonchev–Trinajstić information content (AvgIpc) is 2.51. The van der Waals surface area contributed by atoms with Gasteiger partial charge in [0.25, 0.3) is 11.5 Å². The lowest BCUT2D eigenvalue weighted by Crippen LogP contribution is -2.28. The Labute approximate surface area is 127 Å². The molecular weight excluding hydrogens is 278 g/mol. The van der Waals surface area contributed by atoms with Crippen molar-refractivity contribution in [1.82, 2.24) is 9.55 Å². The first-order chi connectivity index (χ1) is 10.5. The van der Waals surface area contributed by atoms with E-state index in [0.717, 1.165) is 11.1 Å². The topological polar surface area (TPSA) is 78.0 Å². The summed E-state index contributed by atoms with van der Waals surface area (Å²) in [6.07, 6.45) is 1.61. The maximum absolute atomic E-state index is 12.4. The lowest BCUT2D eigenvalue weighted by Gasteiger charge is -2.15. The van der Waals surface area contributed by atoms with Crippen molar-refractivity contribution in [3.05, 3.63) is 64.2 Å². The molecule has 5 heteroatoms. The number of carbonyl (C=O) groups is 1. The number of aryl methyl sites for hydroxylation is 1. The lowest BCUT2D eigenvalue weighted by molar-refractivity contribution is 0.0992. The Hall–Kier alpha value is -2.95. The highest BCUT2D eigenvalue weighted by atomic mass is 16.2. The molecule has 0 saturated heterocycles.